The minimum absolute atomic E-state index is 0.0119. The van der Waals surface area contributed by atoms with E-state index in [1.807, 2.05) is 0 Å². The minimum atomic E-state index is -2.68. The Hall–Kier alpha value is -1.45. The molecule has 0 radical (unpaired) electrons. The number of halogens is 4. The van der Waals surface area contributed by atoms with Crippen LogP contribution in [0.1, 0.15) is 123 Å². The number of alkyl halides is 4. The molecule has 7 rings (SSSR count). The van der Waals surface area contributed by atoms with Gasteiger partial charge in [0.1, 0.15) is 0 Å². The van der Waals surface area contributed by atoms with Crippen LogP contribution in [0.2, 0.25) is 0 Å². The molecule has 0 amide bonds. The Morgan fingerprint density at radius 2 is 1.26 bits per heavy atom. The number of piperazine rings is 2. The Balaban J connectivity index is 0.000000225. The first-order valence-electron chi connectivity index (χ1n) is 20.7. The summed E-state index contributed by atoms with van der Waals surface area (Å²) >= 11 is 5.82. The quantitative estimate of drug-likeness (QED) is 0.238. The highest BCUT2D eigenvalue weighted by molar-refractivity contribution is 7.80. The number of nitrogens with two attached hydrogens (primary N) is 1. The summed E-state index contributed by atoms with van der Waals surface area (Å²) in [7, 11) is 0. The van der Waals surface area contributed by atoms with E-state index in [1.54, 1.807) is 0 Å². The molecule has 1 aromatic heterocycles. The molecule has 2 N–H and O–H groups in total. The van der Waals surface area contributed by atoms with E-state index in [4.69, 9.17) is 27.5 Å². The Morgan fingerprint density at radius 3 is 1.79 bits per heavy atom. The molecule has 1 aromatic rings. The van der Waals surface area contributed by atoms with E-state index in [2.05, 4.69) is 64.3 Å². The van der Waals surface area contributed by atoms with Crippen molar-refractivity contribution in [1.29, 1.82) is 0 Å². The van der Waals surface area contributed by atoms with Crippen molar-refractivity contribution in [3.05, 3.63) is 11.7 Å². The van der Waals surface area contributed by atoms with E-state index in [-0.39, 0.29) is 30.3 Å². The van der Waals surface area contributed by atoms with Gasteiger partial charge in [0.05, 0.1) is 11.0 Å². The molecular formula is C39H66F4N8OS. The molecule has 4 heterocycles. The van der Waals surface area contributed by atoms with Crippen LogP contribution in [0.15, 0.2) is 4.52 Å². The number of nitrogens with zero attached hydrogens (tertiary/aromatic N) is 7. The molecule has 302 valence electrons. The lowest BCUT2D eigenvalue weighted by Gasteiger charge is -2.48. The molecule has 9 nitrogen and oxygen atoms in total. The second-order valence-corrected chi connectivity index (χ2v) is 18.3. The lowest BCUT2D eigenvalue weighted by molar-refractivity contribution is -0.121. The molecule has 6 fully saturated rings. The first-order chi connectivity index (χ1) is 25.1. The average molecular weight is 771 g/mol. The SMILES string of the molecule is CC(C)N1CCN([C@H]2CCCC(F)(F)[C@@H]2CC(=S)N2CCC(C)(c3noc(C4CC4)n3)CC2)CC1.CC(C)N1CCN([C@H]2CCCC(F)(F)[C@@H]2N)CC1. The normalized spacial score (nSPS) is 31.7. The van der Waals surface area contributed by atoms with Crippen LogP contribution in [0.25, 0.3) is 0 Å². The van der Waals surface area contributed by atoms with Crippen LogP contribution in [0.3, 0.4) is 0 Å². The van der Waals surface area contributed by atoms with Gasteiger partial charge >= 0.3 is 0 Å². The molecule has 3 saturated carbocycles. The van der Waals surface area contributed by atoms with Gasteiger partial charge in [-0.2, -0.15) is 4.98 Å². The summed E-state index contributed by atoms with van der Waals surface area (Å²) in [5.41, 5.74) is 5.63. The Labute approximate surface area is 320 Å². The van der Waals surface area contributed by atoms with Gasteiger partial charge in [0, 0.05) is 126 Å². The zero-order chi connectivity index (χ0) is 38.1. The molecule has 3 aliphatic heterocycles. The first kappa shape index (κ1) is 41.2. The summed E-state index contributed by atoms with van der Waals surface area (Å²) in [6.07, 6.45) is 7.11. The van der Waals surface area contributed by atoms with Crippen molar-refractivity contribution in [3.63, 3.8) is 0 Å². The molecule has 4 atom stereocenters. The summed E-state index contributed by atoms with van der Waals surface area (Å²) in [6.45, 7) is 19.8. The highest BCUT2D eigenvalue weighted by atomic mass is 32.1. The topological polar surface area (TPSA) is 81.1 Å². The zero-order valence-electron chi connectivity index (χ0n) is 32.9. The predicted octanol–water partition coefficient (Wildman–Crippen LogP) is 6.38. The molecular weight excluding hydrogens is 705 g/mol. The van der Waals surface area contributed by atoms with Gasteiger partial charge in [-0.05, 0) is 79.1 Å². The number of rotatable bonds is 8. The number of hydrogen-bond donors (Lipinski definition) is 1. The third kappa shape index (κ3) is 9.75. The molecule has 14 heteroatoms. The summed E-state index contributed by atoms with van der Waals surface area (Å²) in [6, 6.07) is -0.166. The number of aromatic nitrogens is 2. The standard InChI is InChI=1S/C26H41F2N5OS.C13H25F2N3/c1-18(2)31-13-15-32(16-14-31)21-5-4-8-26(27,28)20(21)17-22(35)33-11-9-25(3,10-12-33)24-29-23(34-30-24)19-6-7-19;1-10(2)17-6-8-18(9-7-17)11-4-3-5-13(14,15)12(11)16/h18-21H,4-17H2,1-3H3;10-12H,3-9,16H2,1-2H3/t20-,21+;11-,12+/m10/s1. The molecule has 53 heavy (non-hydrogen) atoms. The van der Waals surface area contributed by atoms with Crippen molar-refractivity contribution >= 4 is 17.2 Å². The van der Waals surface area contributed by atoms with Crippen molar-refractivity contribution in [2.24, 2.45) is 11.7 Å². The molecule has 0 spiro atoms. The van der Waals surface area contributed by atoms with Crippen LogP contribution in [-0.4, -0.2) is 147 Å². The van der Waals surface area contributed by atoms with Crippen LogP contribution in [-0.2, 0) is 5.41 Å². The fourth-order valence-electron chi connectivity index (χ4n) is 9.46. The van der Waals surface area contributed by atoms with Gasteiger partial charge in [0.25, 0.3) is 11.8 Å². The molecule has 3 aliphatic carbocycles. The second kappa shape index (κ2) is 17.0. The van der Waals surface area contributed by atoms with E-state index >= 15 is 8.78 Å². The van der Waals surface area contributed by atoms with Crippen LogP contribution in [0, 0.1) is 5.92 Å². The molecule has 0 aromatic carbocycles. The van der Waals surface area contributed by atoms with Crippen molar-refractivity contribution in [1.82, 2.24) is 34.6 Å². The number of hydrogen-bond acceptors (Lipinski definition) is 9. The molecule has 3 saturated heterocycles. The Morgan fingerprint density at radius 1 is 0.755 bits per heavy atom. The number of likely N-dealkylation sites (tertiary alicyclic amines) is 1. The summed E-state index contributed by atoms with van der Waals surface area (Å²) in [5.74, 6) is -4.01. The zero-order valence-corrected chi connectivity index (χ0v) is 33.7. The monoisotopic (exact) mass is 771 g/mol. The van der Waals surface area contributed by atoms with E-state index in [0.717, 1.165) is 116 Å². The number of piperidine rings is 1. The van der Waals surface area contributed by atoms with Gasteiger partial charge < -0.3 is 15.2 Å². The average Bonchev–Trinajstić information content (AvgIpc) is 3.85. The molecule has 0 bridgehead atoms. The van der Waals surface area contributed by atoms with E-state index in [0.29, 0.717) is 42.3 Å². The van der Waals surface area contributed by atoms with Gasteiger partial charge in [0.15, 0.2) is 5.82 Å². The summed E-state index contributed by atoms with van der Waals surface area (Å²) < 4.78 is 63.4. The lowest BCUT2D eigenvalue weighted by atomic mass is 9.77. The van der Waals surface area contributed by atoms with Crippen molar-refractivity contribution in [2.45, 2.75) is 159 Å². The van der Waals surface area contributed by atoms with Gasteiger partial charge in [-0.3, -0.25) is 19.6 Å². The summed E-state index contributed by atoms with van der Waals surface area (Å²) in [4.78, 5) is 16.9. The van der Waals surface area contributed by atoms with Gasteiger partial charge in [-0.15, -0.1) is 0 Å². The summed E-state index contributed by atoms with van der Waals surface area (Å²) in [5, 5.41) is 4.29. The lowest BCUT2D eigenvalue weighted by Crippen LogP contribution is -2.62. The Kier molecular flexibility index (Phi) is 13.2. The fraction of sp³-hybridized carbons (Fsp3) is 0.923. The highest BCUT2D eigenvalue weighted by Gasteiger charge is 2.50. The third-order valence-electron chi connectivity index (χ3n) is 13.5. The predicted molar refractivity (Wildman–Crippen MR) is 205 cm³/mol. The van der Waals surface area contributed by atoms with Gasteiger partial charge in [-0.1, -0.05) is 24.3 Å². The molecule has 0 unspecified atom stereocenters. The van der Waals surface area contributed by atoms with Gasteiger partial charge in [0.2, 0.25) is 5.89 Å². The van der Waals surface area contributed by atoms with Crippen LogP contribution in [0.4, 0.5) is 17.6 Å². The maximum absolute atomic E-state index is 15.3. The smallest absolute Gasteiger partial charge is 0.264 e. The minimum Gasteiger partial charge on any atom is -0.366 e. The maximum Gasteiger partial charge on any atom is 0.264 e. The van der Waals surface area contributed by atoms with Crippen molar-refractivity contribution in [3.8, 4) is 0 Å². The van der Waals surface area contributed by atoms with Crippen molar-refractivity contribution < 1.29 is 22.1 Å². The van der Waals surface area contributed by atoms with Crippen LogP contribution < -0.4 is 5.73 Å². The maximum atomic E-state index is 15.3. The van der Waals surface area contributed by atoms with Gasteiger partial charge in [-0.25, -0.2) is 17.6 Å². The number of thiocarbonyl (C=S) groups is 1. The first-order valence-corrected chi connectivity index (χ1v) is 21.1. The van der Waals surface area contributed by atoms with E-state index in [1.165, 1.54) is 0 Å². The second-order valence-electron chi connectivity index (χ2n) is 17.8. The largest absolute Gasteiger partial charge is 0.366 e. The fourth-order valence-corrected chi connectivity index (χ4v) is 9.82. The van der Waals surface area contributed by atoms with E-state index < -0.39 is 23.8 Å². The third-order valence-corrected chi connectivity index (χ3v) is 14.0. The highest BCUT2D eigenvalue weighted by Crippen LogP contribution is 2.45. The van der Waals surface area contributed by atoms with Crippen LogP contribution in [0.5, 0.6) is 0 Å². The van der Waals surface area contributed by atoms with E-state index in [9.17, 15) is 8.78 Å². The molecule has 6 aliphatic rings. The van der Waals surface area contributed by atoms with Crippen molar-refractivity contribution in [2.75, 3.05) is 65.4 Å². The van der Waals surface area contributed by atoms with Crippen LogP contribution >= 0.6 is 12.2 Å². The Bertz CT molecular complexity index is 1340.